The first-order valence-corrected chi connectivity index (χ1v) is 10.6. The van der Waals surface area contributed by atoms with Crippen molar-refractivity contribution in [2.24, 2.45) is 10.8 Å². The van der Waals surface area contributed by atoms with Gasteiger partial charge in [-0.05, 0) is 48.0 Å². The first kappa shape index (κ1) is 26.0. The maximum atomic E-state index is 12.4. The Labute approximate surface area is 183 Å². The summed E-state index contributed by atoms with van der Waals surface area (Å²) in [7, 11) is 0. The summed E-state index contributed by atoms with van der Waals surface area (Å²) in [5.41, 5.74) is -2.53. The number of hydrogen-bond acceptors (Lipinski definition) is 10. The molecule has 0 aromatic heterocycles. The van der Waals surface area contributed by atoms with Gasteiger partial charge >= 0.3 is 11.9 Å². The smallest absolute Gasteiger partial charge is 0.311 e. The zero-order valence-electron chi connectivity index (χ0n) is 19.2. The van der Waals surface area contributed by atoms with Crippen molar-refractivity contribution >= 4 is 11.9 Å². The summed E-state index contributed by atoms with van der Waals surface area (Å²) < 4.78 is 11.1. The summed E-state index contributed by atoms with van der Waals surface area (Å²) in [5, 5.41) is 41.1. The lowest BCUT2D eigenvalue weighted by Crippen LogP contribution is -2.61. The van der Waals surface area contributed by atoms with Gasteiger partial charge in [0.1, 0.15) is 37.1 Å². The molecule has 6 atom stereocenters. The maximum Gasteiger partial charge on any atom is 0.311 e. The van der Waals surface area contributed by atoms with Crippen molar-refractivity contribution in [2.45, 2.75) is 90.4 Å². The lowest BCUT2D eigenvalue weighted by atomic mass is 9.83. The lowest BCUT2D eigenvalue weighted by Gasteiger charge is -2.43. The van der Waals surface area contributed by atoms with E-state index in [1.807, 2.05) is 0 Å². The molecule has 0 amide bonds. The Morgan fingerprint density at radius 3 is 1.90 bits per heavy atom. The van der Waals surface area contributed by atoms with Crippen molar-refractivity contribution in [1.82, 2.24) is 5.06 Å². The van der Waals surface area contributed by atoms with Gasteiger partial charge in [-0.1, -0.05) is 0 Å². The molecule has 4 N–H and O–H groups in total. The van der Waals surface area contributed by atoms with E-state index in [9.17, 15) is 24.9 Å². The minimum absolute atomic E-state index is 0.140. The van der Waals surface area contributed by atoms with Crippen molar-refractivity contribution in [3.8, 4) is 0 Å². The van der Waals surface area contributed by atoms with Crippen molar-refractivity contribution in [3.63, 3.8) is 0 Å². The molecule has 10 heteroatoms. The number of esters is 2. The Balaban J connectivity index is 2.25. The molecule has 2 heterocycles. The fourth-order valence-electron chi connectivity index (χ4n) is 3.71. The number of nitrogens with zero attached hydrogens (tertiary/aromatic N) is 1. The Kier molecular flexibility index (Phi) is 7.77. The Hall–Kier alpha value is -1.30. The highest BCUT2D eigenvalue weighted by molar-refractivity contribution is 5.76. The molecule has 2 rings (SSSR count). The fraction of sp³-hybridized carbons (Fsp3) is 0.905. The predicted octanol–water partition coefficient (Wildman–Crippen LogP) is -0.243. The van der Waals surface area contributed by atoms with E-state index in [2.05, 4.69) is 0 Å². The van der Waals surface area contributed by atoms with E-state index in [0.717, 1.165) is 0 Å². The van der Waals surface area contributed by atoms with Gasteiger partial charge in [0.05, 0.1) is 29.6 Å². The Bertz CT molecular complexity index is 624. The summed E-state index contributed by atoms with van der Waals surface area (Å²) in [5.74, 6) is -0.878. The number of ether oxygens (including phenoxy) is 2. The number of hydrogen-bond donors (Lipinski definition) is 4. The van der Waals surface area contributed by atoms with E-state index in [1.165, 1.54) is 5.06 Å². The van der Waals surface area contributed by atoms with Crippen LogP contribution in [-0.2, 0) is 23.9 Å². The molecular weight excluding hydrogens is 410 g/mol. The molecule has 2 aliphatic rings. The monoisotopic (exact) mass is 447 g/mol. The number of aliphatic hydroxyl groups excluding tert-OH is 4. The van der Waals surface area contributed by atoms with Crippen LogP contribution in [0.15, 0.2) is 0 Å². The van der Waals surface area contributed by atoms with Crippen molar-refractivity contribution in [2.75, 3.05) is 19.8 Å². The fourth-order valence-corrected chi connectivity index (χ4v) is 3.71. The molecule has 0 spiro atoms. The lowest BCUT2D eigenvalue weighted by molar-refractivity contribution is -0.223. The molecular formula is C21H37NO9. The largest absolute Gasteiger partial charge is 0.463 e. The van der Waals surface area contributed by atoms with Crippen LogP contribution >= 0.6 is 0 Å². The van der Waals surface area contributed by atoms with Crippen LogP contribution in [0.25, 0.3) is 0 Å². The van der Waals surface area contributed by atoms with Gasteiger partial charge in [0, 0.05) is 6.42 Å². The normalized spacial score (nSPS) is 28.1. The zero-order valence-corrected chi connectivity index (χ0v) is 19.2. The average molecular weight is 448 g/mol. The molecule has 2 bridgehead atoms. The molecule has 0 aromatic rings. The van der Waals surface area contributed by atoms with Gasteiger partial charge in [-0.3, -0.25) is 14.4 Å². The number of rotatable bonds is 8. The molecule has 2 aliphatic heterocycles. The van der Waals surface area contributed by atoms with Crippen LogP contribution in [0.3, 0.4) is 0 Å². The second-order valence-electron chi connectivity index (χ2n) is 10.7. The third kappa shape index (κ3) is 5.74. The van der Waals surface area contributed by atoms with Crippen molar-refractivity contribution in [3.05, 3.63) is 0 Å². The van der Waals surface area contributed by atoms with Gasteiger partial charge in [0.2, 0.25) is 0 Å². The summed E-state index contributed by atoms with van der Waals surface area (Å²) >= 11 is 0. The zero-order chi connectivity index (χ0) is 23.8. The van der Waals surface area contributed by atoms with Gasteiger partial charge in [-0.2, -0.15) is 5.06 Å². The second-order valence-corrected chi connectivity index (χ2v) is 10.7. The third-order valence-corrected chi connectivity index (χ3v) is 5.64. The predicted molar refractivity (Wildman–Crippen MR) is 108 cm³/mol. The van der Waals surface area contributed by atoms with E-state index in [1.54, 1.807) is 41.5 Å². The number of piperidine rings is 1. The highest BCUT2D eigenvalue weighted by atomic mass is 16.7. The molecule has 31 heavy (non-hydrogen) atoms. The van der Waals surface area contributed by atoms with Gasteiger partial charge in [0.15, 0.2) is 0 Å². The van der Waals surface area contributed by atoms with Crippen molar-refractivity contribution in [1.29, 1.82) is 0 Å². The Morgan fingerprint density at radius 2 is 1.52 bits per heavy atom. The summed E-state index contributed by atoms with van der Waals surface area (Å²) in [4.78, 5) is 30.6. The van der Waals surface area contributed by atoms with E-state index in [4.69, 9.17) is 19.4 Å². The van der Waals surface area contributed by atoms with Crippen LogP contribution in [0.5, 0.6) is 0 Å². The van der Waals surface area contributed by atoms with Gasteiger partial charge in [0.25, 0.3) is 0 Å². The highest BCUT2D eigenvalue weighted by Gasteiger charge is 2.60. The SMILES string of the molecule is CC(C)(C)C(=O)OCC1(COC(=O)C(C)(C)C)C[C@@H]2C[C@@H]([C@H](O)[C@@H](O)[C@H](O)CO)N1O2. The van der Waals surface area contributed by atoms with Crippen LogP contribution in [0.2, 0.25) is 0 Å². The van der Waals surface area contributed by atoms with E-state index >= 15 is 0 Å². The molecule has 2 fully saturated rings. The first-order chi connectivity index (χ1) is 14.1. The molecule has 0 aliphatic carbocycles. The van der Waals surface area contributed by atoms with Gasteiger partial charge < -0.3 is 29.9 Å². The molecule has 10 nitrogen and oxygen atoms in total. The molecule has 0 saturated carbocycles. The quantitative estimate of drug-likeness (QED) is 0.368. The maximum absolute atomic E-state index is 12.4. The third-order valence-electron chi connectivity index (χ3n) is 5.64. The summed E-state index contributed by atoms with van der Waals surface area (Å²) in [6.45, 7) is 9.33. The number of aliphatic hydroxyl groups is 4. The van der Waals surface area contributed by atoms with Crippen LogP contribution in [0, 0.1) is 10.8 Å². The number of fused-ring (bicyclic) bond motifs is 2. The van der Waals surface area contributed by atoms with Gasteiger partial charge in [-0.25, -0.2) is 0 Å². The number of carbonyl (C=O) groups excluding carboxylic acids is 2. The van der Waals surface area contributed by atoms with Gasteiger partial charge in [-0.15, -0.1) is 0 Å². The minimum Gasteiger partial charge on any atom is -0.463 e. The number of carbonyl (C=O) groups is 2. The molecule has 0 radical (unpaired) electrons. The average Bonchev–Trinajstić information content (AvgIpc) is 3.25. The highest BCUT2D eigenvalue weighted by Crippen LogP contribution is 2.45. The van der Waals surface area contributed by atoms with E-state index in [-0.39, 0.29) is 19.3 Å². The summed E-state index contributed by atoms with van der Waals surface area (Å²) in [6, 6.07) is -0.753. The van der Waals surface area contributed by atoms with E-state index < -0.39 is 59.3 Å². The number of hydroxylamine groups is 2. The Morgan fingerprint density at radius 1 is 1.03 bits per heavy atom. The molecule has 180 valence electrons. The first-order valence-electron chi connectivity index (χ1n) is 10.6. The minimum atomic E-state index is -1.61. The van der Waals surface area contributed by atoms with E-state index in [0.29, 0.717) is 12.8 Å². The molecule has 1 unspecified atom stereocenters. The van der Waals surface area contributed by atoms with Crippen LogP contribution in [0.4, 0.5) is 0 Å². The van der Waals surface area contributed by atoms with Crippen molar-refractivity contribution < 1.29 is 44.3 Å². The second kappa shape index (κ2) is 9.29. The molecule has 0 aromatic carbocycles. The topological polar surface area (TPSA) is 146 Å². The van der Waals surface area contributed by atoms with Crippen LogP contribution in [-0.4, -0.2) is 93.2 Å². The molecule has 2 saturated heterocycles. The van der Waals surface area contributed by atoms with Crippen LogP contribution in [0.1, 0.15) is 54.4 Å². The standard InChI is InChI=1S/C21H37NO9/c1-19(2,3)17(27)29-10-21(11-30-18(28)20(4,5)6)8-12-7-13(22(21)31-12)15(25)16(26)14(24)9-23/h12-16,23-26H,7-11H2,1-6H3/t12-,13-,14+,15-,16-/m0/s1. The van der Waals surface area contributed by atoms with Crippen LogP contribution < -0.4 is 0 Å². The summed E-state index contributed by atoms with van der Waals surface area (Å²) in [6.07, 6.45) is -4.17.